The van der Waals surface area contributed by atoms with E-state index in [0.717, 1.165) is 23.9 Å². The van der Waals surface area contributed by atoms with Crippen LogP contribution < -0.4 is 10.2 Å². The summed E-state index contributed by atoms with van der Waals surface area (Å²) < 4.78 is 5.30. The summed E-state index contributed by atoms with van der Waals surface area (Å²) in [4.78, 5) is 10.6. The molecule has 1 N–H and O–H groups in total. The molecule has 0 aromatic carbocycles. The minimum Gasteiger partial charge on any atom is -0.467 e. The Morgan fingerprint density at radius 3 is 3.00 bits per heavy atom. The number of hydrogen-bond acceptors (Lipinski definition) is 5. The highest BCUT2D eigenvalue weighted by atomic mass is 16.3. The van der Waals surface area contributed by atoms with Gasteiger partial charge < -0.3 is 14.6 Å². The van der Waals surface area contributed by atoms with E-state index in [-0.39, 0.29) is 0 Å². The van der Waals surface area contributed by atoms with Crippen LogP contribution >= 0.6 is 0 Å². The zero-order valence-corrected chi connectivity index (χ0v) is 10.1. The molecule has 0 amide bonds. The zero-order valence-electron chi connectivity index (χ0n) is 10.1. The average Bonchev–Trinajstić information content (AvgIpc) is 2.83. The number of aromatic nitrogens is 2. The molecule has 0 spiro atoms. The van der Waals surface area contributed by atoms with Crippen molar-refractivity contribution in [3.05, 3.63) is 36.5 Å². The van der Waals surface area contributed by atoms with E-state index in [9.17, 15) is 0 Å². The maximum Gasteiger partial charge on any atom is 0.149 e. The highest BCUT2D eigenvalue weighted by Gasteiger charge is 2.06. The SMILES string of the molecule is CCNc1cncc(N(C)Cc2ccco2)n1. The van der Waals surface area contributed by atoms with Crippen LogP contribution in [0.3, 0.4) is 0 Å². The summed E-state index contributed by atoms with van der Waals surface area (Å²) in [6.45, 7) is 3.54. The number of rotatable bonds is 5. The van der Waals surface area contributed by atoms with Gasteiger partial charge in [-0.3, -0.25) is 4.98 Å². The fourth-order valence-corrected chi connectivity index (χ4v) is 1.52. The fraction of sp³-hybridized carbons (Fsp3) is 0.333. The monoisotopic (exact) mass is 232 g/mol. The van der Waals surface area contributed by atoms with Gasteiger partial charge in [-0.15, -0.1) is 0 Å². The molecule has 2 rings (SSSR count). The van der Waals surface area contributed by atoms with E-state index in [1.807, 2.05) is 31.0 Å². The van der Waals surface area contributed by atoms with Crippen molar-refractivity contribution >= 4 is 11.6 Å². The van der Waals surface area contributed by atoms with E-state index in [1.165, 1.54) is 0 Å². The highest BCUT2D eigenvalue weighted by Crippen LogP contribution is 2.13. The summed E-state index contributed by atoms with van der Waals surface area (Å²) in [6.07, 6.45) is 5.13. The molecule has 0 fully saturated rings. The van der Waals surface area contributed by atoms with Crippen molar-refractivity contribution in [3.63, 3.8) is 0 Å². The summed E-state index contributed by atoms with van der Waals surface area (Å²) in [7, 11) is 1.96. The van der Waals surface area contributed by atoms with Crippen LogP contribution in [0.25, 0.3) is 0 Å². The molecule has 0 atom stereocenters. The lowest BCUT2D eigenvalue weighted by molar-refractivity contribution is 0.507. The Kier molecular flexibility index (Phi) is 3.59. The first-order chi connectivity index (χ1) is 8.29. The van der Waals surface area contributed by atoms with E-state index in [4.69, 9.17) is 4.42 Å². The summed E-state index contributed by atoms with van der Waals surface area (Å²) in [5.41, 5.74) is 0. The summed E-state index contributed by atoms with van der Waals surface area (Å²) in [6, 6.07) is 3.82. The van der Waals surface area contributed by atoms with Gasteiger partial charge in [0.1, 0.15) is 17.4 Å². The van der Waals surface area contributed by atoms with Crippen LogP contribution in [0.2, 0.25) is 0 Å². The smallest absolute Gasteiger partial charge is 0.149 e. The maximum absolute atomic E-state index is 5.30. The molecule has 0 unspecified atom stereocenters. The molecule has 0 bridgehead atoms. The molecule has 5 nitrogen and oxygen atoms in total. The van der Waals surface area contributed by atoms with E-state index >= 15 is 0 Å². The molecule has 0 aliphatic rings. The minimum atomic E-state index is 0.678. The molecule has 0 aliphatic carbocycles. The lowest BCUT2D eigenvalue weighted by Crippen LogP contribution is -2.18. The molecule has 90 valence electrons. The third kappa shape index (κ3) is 2.96. The molecule has 5 heteroatoms. The van der Waals surface area contributed by atoms with Crippen molar-refractivity contribution < 1.29 is 4.42 Å². The second kappa shape index (κ2) is 5.34. The Labute approximate surface area is 100 Å². The van der Waals surface area contributed by atoms with Crippen LogP contribution in [0.5, 0.6) is 0 Å². The van der Waals surface area contributed by atoms with Crippen LogP contribution in [0, 0.1) is 0 Å². The molecular formula is C12H16N4O. The Balaban J connectivity index is 2.07. The second-order valence-corrected chi connectivity index (χ2v) is 3.73. The molecule has 0 saturated carbocycles. The van der Waals surface area contributed by atoms with E-state index in [0.29, 0.717) is 6.54 Å². The first-order valence-electron chi connectivity index (χ1n) is 5.59. The lowest BCUT2D eigenvalue weighted by Gasteiger charge is -2.16. The first-order valence-corrected chi connectivity index (χ1v) is 5.59. The Bertz CT molecular complexity index is 455. The van der Waals surface area contributed by atoms with Crippen LogP contribution in [0.4, 0.5) is 11.6 Å². The molecule has 17 heavy (non-hydrogen) atoms. The normalized spacial score (nSPS) is 10.2. The van der Waals surface area contributed by atoms with Crippen molar-refractivity contribution in [3.8, 4) is 0 Å². The van der Waals surface area contributed by atoms with E-state index < -0.39 is 0 Å². The van der Waals surface area contributed by atoms with Crippen LogP contribution in [0.1, 0.15) is 12.7 Å². The maximum atomic E-state index is 5.30. The van der Waals surface area contributed by atoms with Crippen molar-refractivity contribution in [1.82, 2.24) is 9.97 Å². The summed E-state index contributed by atoms with van der Waals surface area (Å²) >= 11 is 0. The second-order valence-electron chi connectivity index (χ2n) is 3.73. The molecule has 2 heterocycles. The van der Waals surface area contributed by atoms with Gasteiger partial charge >= 0.3 is 0 Å². The molecular weight excluding hydrogens is 216 g/mol. The predicted octanol–water partition coefficient (Wildman–Crippen LogP) is 2.14. The molecule has 2 aromatic heterocycles. The fourth-order valence-electron chi connectivity index (χ4n) is 1.52. The Hall–Kier alpha value is -2.04. The Morgan fingerprint density at radius 2 is 2.29 bits per heavy atom. The Morgan fingerprint density at radius 1 is 1.41 bits per heavy atom. The first kappa shape index (κ1) is 11.4. The summed E-state index contributed by atoms with van der Waals surface area (Å²) in [5, 5.41) is 3.14. The third-order valence-corrected chi connectivity index (χ3v) is 2.34. The van der Waals surface area contributed by atoms with Gasteiger partial charge in [0.2, 0.25) is 0 Å². The van der Waals surface area contributed by atoms with Gasteiger partial charge in [0.15, 0.2) is 0 Å². The van der Waals surface area contributed by atoms with Gasteiger partial charge in [-0.2, -0.15) is 0 Å². The molecule has 2 aromatic rings. The number of anilines is 2. The van der Waals surface area contributed by atoms with Crippen LogP contribution in [0.15, 0.2) is 35.2 Å². The van der Waals surface area contributed by atoms with Gasteiger partial charge in [0.05, 0.1) is 25.2 Å². The van der Waals surface area contributed by atoms with Crippen molar-refractivity contribution in [2.24, 2.45) is 0 Å². The number of nitrogens with one attached hydrogen (secondary N) is 1. The van der Waals surface area contributed by atoms with Crippen LogP contribution in [-0.4, -0.2) is 23.6 Å². The van der Waals surface area contributed by atoms with E-state index in [1.54, 1.807) is 18.7 Å². The zero-order chi connectivity index (χ0) is 12.1. The minimum absolute atomic E-state index is 0.678. The average molecular weight is 232 g/mol. The number of nitrogens with zero attached hydrogens (tertiary/aromatic N) is 3. The van der Waals surface area contributed by atoms with Gasteiger partial charge in [-0.1, -0.05) is 0 Å². The highest BCUT2D eigenvalue weighted by molar-refractivity contribution is 5.43. The topological polar surface area (TPSA) is 54.2 Å². The van der Waals surface area contributed by atoms with Gasteiger partial charge in [0.25, 0.3) is 0 Å². The molecule has 0 radical (unpaired) electrons. The lowest BCUT2D eigenvalue weighted by atomic mass is 10.4. The van der Waals surface area contributed by atoms with Gasteiger partial charge in [-0.25, -0.2) is 4.98 Å². The van der Waals surface area contributed by atoms with Crippen molar-refractivity contribution in [2.75, 3.05) is 23.8 Å². The predicted molar refractivity (Wildman–Crippen MR) is 67.0 cm³/mol. The quantitative estimate of drug-likeness (QED) is 0.856. The molecule has 0 saturated heterocycles. The number of hydrogen-bond donors (Lipinski definition) is 1. The standard InChI is InChI=1S/C12H16N4O/c1-3-14-11-7-13-8-12(15-11)16(2)9-10-5-4-6-17-10/h4-8H,3,9H2,1-2H3,(H,14,15). The van der Waals surface area contributed by atoms with Crippen molar-refractivity contribution in [1.29, 1.82) is 0 Å². The third-order valence-electron chi connectivity index (χ3n) is 2.34. The van der Waals surface area contributed by atoms with Gasteiger partial charge in [0, 0.05) is 13.6 Å². The molecule has 0 aliphatic heterocycles. The summed E-state index contributed by atoms with van der Waals surface area (Å²) in [5.74, 6) is 2.51. The van der Waals surface area contributed by atoms with Crippen molar-refractivity contribution in [2.45, 2.75) is 13.5 Å². The largest absolute Gasteiger partial charge is 0.467 e. The van der Waals surface area contributed by atoms with Gasteiger partial charge in [-0.05, 0) is 19.1 Å². The van der Waals surface area contributed by atoms with E-state index in [2.05, 4.69) is 15.3 Å². The number of furan rings is 1. The van der Waals surface area contributed by atoms with Crippen LogP contribution in [-0.2, 0) is 6.54 Å².